The molecule has 2 N–H and O–H groups in total. The van der Waals surface area contributed by atoms with Crippen molar-refractivity contribution < 1.29 is 9.53 Å². The number of morpholine rings is 1. The number of nitrogens with one attached hydrogen (secondary N) is 2. The Bertz CT molecular complexity index is 919. The molecule has 7 nitrogen and oxygen atoms in total. The van der Waals surface area contributed by atoms with E-state index in [1.54, 1.807) is 0 Å². The highest BCUT2D eigenvalue weighted by atomic mass is 35.5. The van der Waals surface area contributed by atoms with Crippen LogP contribution in [0.15, 0.2) is 54.7 Å². The van der Waals surface area contributed by atoms with Crippen LogP contribution in [0.25, 0.3) is 5.69 Å². The molecule has 0 aliphatic carbocycles. The third-order valence-corrected chi connectivity index (χ3v) is 4.46. The fourth-order valence-corrected chi connectivity index (χ4v) is 2.93. The van der Waals surface area contributed by atoms with Crippen LogP contribution in [-0.2, 0) is 4.74 Å². The molecule has 1 aliphatic rings. The maximum atomic E-state index is 12.4. The van der Waals surface area contributed by atoms with Gasteiger partial charge in [-0.15, -0.1) is 17.5 Å². The highest BCUT2D eigenvalue weighted by molar-refractivity contribution is 6.02. The van der Waals surface area contributed by atoms with Crippen LogP contribution < -0.4 is 10.6 Å². The molecule has 0 unspecified atom stereocenters. The van der Waals surface area contributed by atoms with Crippen molar-refractivity contribution >= 4 is 24.0 Å². The summed E-state index contributed by atoms with van der Waals surface area (Å²) in [6, 6.07) is 15.5. The van der Waals surface area contributed by atoms with Crippen LogP contribution in [-0.4, -0.2) is 40.6 Å². The van der Waals surface area contributed by atoms with E-state index in [2.05, 4.69) is 20.8 Å². The average molecular weight is 400 g/mol. The van der Waals surface area contributed by atoms with E-state index >= 15 is 0 Å². The van der Waals surface area contributed by atoms with E-state index in [9.17, 15) is 4.79 Å². The summed E-state index contributed by atoms with van der Waals surface area (Å²) in [7, 11) is 0. The normalized spacial score (nSPS) is 16.2. The molecule has 2 aromatic carbocycles. The largest absolute Gasteiger partial charge is 0.371 e. The molecule has 0 bridgehead atoms. The lowest BCUT2D eigenvalue weighted by molar-refractivity contribution is 0.0277. The predicted molar refractivity (Wildman–Crippen MR) is 109 cm³/mol. The average Bonchev–Trinajstić information content (AvgIpc) is 3.20. The molecule has 3 aromatic rings. The lowest BCUT2D eigenvalue weighted by atomic mass is 10.1. The number of anilines is 1. The second-order valence-electron chi connectivity index (χ2n) is 6.49. The van der Waals surface area contributed by atoms with Crippen LogP contribution in [0.1, 0.15) is 27.7 Å². The van der Waals surface area contributed by atoms with Crippen LogP contribution in [0, 0.1) is 6.92 Å². The van der Waals surface area contributed by atoms with Gasteiger partial charge in [0.05, 0.1) is 24.6 Å². The van der Waals surface area contributed by atoms with Crippen molar-refractivity contribution in [2.45, 2.75) is 13.0 Å². The molecule has 1 aliphatic heterocycles. The van der Waals surface area contributed by atoms with Gasteiger partial charge in [0, 0.05) is 18.8 Å². The summed E-state index contributed by atoms with van der Waals surface area (Å²) in [6.45, 7) is 4.41. The van der Waals surface area contributed by atoms with Crippen molar-refractivity contribution in [3.05, 3.63) is 71.5 Å². The molecular formula is C20H22ClN5O2. The molecule has 1 amide bonds. The summed E-state index contributed by atoms with van der Waals surface area (Å²) in [4.78, 5) is 13.9. The van der Waals surface area contributed by atoms with Crippen molar-refractivity contribution in [2.75, 3.05) is 25.0 Å². The lowest BCUT2D eigenvalue weighted by Gasteiger charge is -2.24. The molecule has 0 radical (unpaired) electrons. The van der Waals surface area contributed by atoms with Crippen molar-refractivity contribution in [2.24, 2.45) is 0 Å². The first kappa shape index (κ1) is 20.0. The van der Waals surface area contributed by atoms with Gasteiger partial charge in [-0.1, -0.05) is 29.8 Å². The summed E-state index contributed by atoms with van der Waals surface area (Å²) in [5, 5.41) is 14.6. The number of carbonyl (C=O) groups excluding carboxylic acids is 1. The summed E-state index contributed by atoms with van der Waals surface area (Å²) >= 11 is 0. The highest BCUT2D eigenvalue weighted by Crippen LogP contribution is 2.21. The Kier molecular flexibility index (Phi) is 6.41. The quantitative estimate of drug-likeness (QED) is 0.705. The number of rotatable bonds is 4. The molecule has 1 atom stereocenters. The molecule has 1 aromatic heterocycles. The minimum absolute atomic E-state index is 0. The Balaban J connectivity index is 0.00000225. The van der Waals surface area contributed by atoms with E-state index in [1.807, 2.05) is 55.5 Å². The predicted octanol–water partition coefficient (Wildman–Crippen LogP) is 2.91. The van der Waals surface area contributed by atoms with Crippen LogP contribution in [0.4, 0.5) is 5.69 Å². The van der Waals surface area contributed by atoms with Crippen molar-refractivity contribution in [1.82, 2.24) is 20.3 Å². The Hall–Kier alpha value is -2.74. The van der Waals surface area contributed by atoms with Gasteiger partial charge < -0.3 is 15.4 Å². The van der Waals surface area contributed by atoms with Gasteiger partial charge in [0.15, 0.2) is 5.69 Å². The Labute approximate surface area is 169 Å². The van der Waals surface area contributed by atoms with Gasteiger partial charge >= 0.3 is 0 Å². The van der Waals surface area contributed by atoms with E-state index < -0.39 is 0 Å². The first-order chi connectivity index (χ1) is 13.2. The van der Waals surface area contributed by atoms with Gasteiger partial charge in [0.25, 0.3) is 5.91 Å². The number of hydrogen-bond donors (Lipinski definition) is 2. The minimum Gasteiger partial charge on any atom is -0.371 e. The molecule has 1 fully saturated rings. The van der Waals surface area contributed by atoms with Gasteiger partial charge in [-0.25, -0.2) is 0 Å². The topological polar surface area (TPSA) is 81.1 Å². The molecule has 28 heavy (non-hydrogen) atoms. The maximum absolute atomic E-state index is 12.4. The number of carbonyl (C=O) groups is 1. The first-order valence-corrected chi connectivity index (χ1v) is 8.92. The SMILES string of the molecule is Cc1ccc(-n2ncc(C(=O)Nc3ccc([C@H]4CNCCO4)cc3)n2)cc1.Cl. The van der Waals surface area contributed by atoms with Gasteiger partial charge in [0.1, 0.15) is 0 Å². The number of hydrogen-bond acceptors (Lipinski definition) is 5. The molecule has 2 heterocycles. The number of amides is 1. The summed E-state index contributed by atoms with van der Waals surface area (Å²) in [5.74, 6) is -0.295. The number of ether oxygens (including phenoxy) is 1. The van der Waals surface area contributed by atoms with Gasteiger partial charge in [0.2, 0.25) is 0 Å². The molecule has 0 saturated carbocycles. The van der Waals surface area contributed by atoms with Crippen molar-refractivity contribution in [3.8, 4) is 5.69 Å². The summed E-state index contributed by atoms with van der Waals surface area (Å²) in [6.07, 6.45) is 1.52. The molecule has 8 heteroatoms. The number of aryl methyl sites for hydroxylation is 1. The van der Waals surface area contributed by atoms with E-state index in [1.165, 1.54) is 11.0 Å². The zero-order valence-electron chi connectivity index (χ0n) is 15.5. The Morgan fingerprint density at radius 3 is 2.61 bits per heavy atom. The van der Waals surface area contributed by atoms with Crippen LogP contribution in [0.2, 0.25) is 0 Å². The van der Waals surface area contributed by atoms with Gasteiger partial charge in [-0.3, -0.25) is 4.79 Å². The number of halogens is 1. The maximum Gasteiger partial charge on any atom is 0.277 e. The molecule has 146 valence electrons. The van der Waals surface area contributed by atoms with E-state index in [-0.39, 0.29) is 30.1 Å². The summed E-state index contributed by atoms with van der Waals surface area (Å²) < 4.78 is 5.74. The Morgan fingerprint density at radius 1 is 1.18 bits per heavy atom. The fraction of sp³-hybridized carbons (Fsp3) is 0.250. The second kappa shape index (κ2) is 8.97. The third-order valence-electron chi connectivity index (χ3n) is 4.46. The molecule has 1 saturated heterocycles. The minimum atomic E-state index is -0.295. The fourth-order valence-electron chi connectivity index (χ4n) is 2.93. The standard InChI is InChI=1S/C20H21N5O2.ClH/c1-14-2-8-17(9-3-14)25-22-12-18(24-25)20(26)23-16-6-4-15(5-7-16)19-13-21-10-11-27-19;/h2-9,12,19,21H,10-11,13H2,1H3,(H,23,26);1H/t19-;/m1./s1. The van der Waals surface area contributed by atoms with Crippen molar-refractivity contribution in [3.63, 3.8) is 0 Å². The number of benzene rings is 2. The van der Waals surface area contributed by atoms with Crippen molar-refractivity contribution in [1.29, 1.82) is 0 Å². The van der Waals surface area contributed by atoms with Crippen LogP contribution in [0.3, 0.4) is 0 Å². The zero-order valence-corrected chi connectivity index (χ0v) is 16.3. The molecule has 4 rings (SSSR count). The highest BCUT2D eigenvalue weighted by Gasteiger charge is 2.16. The summed E-state index contributed by atoms with van der Waals surface area (Å²) in [5.41, 5.74) is 4.02. The number of aromatic nitrogens is 3. The monoisotopic (exact) mass is 399 g/mol. The number of nitrogens with zero attached hydrogens (tertiary/aromatic N) is 3. The smallest absolute Gasteiger partial charge is 0.277 e. The lowest BCUT2D eigenvalue weighted by Crippen LogP contribution is -2.33. The van der Waals surface area contributed by atoms with Gasteiger partial charge in [-0.05, 0) is 36.8 Å². The zero-order chi connectivity index (χ0) is 18.6. The molecular weight excluding hydrogens is 378 g/mol. The van der Waals surface area contributed by atoms with E-state index in [0.717, 1.165) is 29.9 Å². The van der Waals surface area contributed by atoms with Crippen LogP contribution >= 0.6 is 12.4 Å². The van der Waals surface area contributed by atoms with Crippen LogP contribution in [0.5, 0.6) is 0 Å². The van der Waals surface area contributed by atoms with E-state index in [4.69, 9.17) is 4.74 Å². The third kappa shape index (κ3) is 4.56. The second-order valence-corrected chi connectivity index (χ2v) is 6.49. The van der Waals surface area contributed by atoms with Gasteiger partial charge in [-0.2, -0.15) is 9.90 Å². The van der Waals surface area contributed by atoms with E-state index in [0.29, 0.717) is 12.3 Å². The first-order valence-electron chi connectivity index (χ1n) is 8.92. The Morgan fingerprint density at radius 2 is 1.93 bits per heavy atom. The molecule has 0 spiro atoms.